The van der Waals surface area contributed by atoms with E-state index in [2.05, 4.69) is 12.2 Å². The summed E-state index contributed by atoms with van der Waals surface area (Å²) in [6.45, 7) is 7.09. The molecule has 0 aromatic rings. The first-order valence-electron chi connectivity index (χ1n) is 5.72. The number of nitrogens with one attached hydrogen (secondary N) is 1. The number of carbonyl (C=O) groups is 1. The van der Waals surface area contributed by atoms with Gasteiger partial charge in [0.05, 0.1) is 0 Å². The summed E-state index contributed by atoms with van der Waals surface area (Å²) in [5.74, 6) is 0. The zero-order valence-electron chi connectivity index (χ0n) is 9.55. The van der Waals surface area contributed by atoms with Crippen molar-refractivity contribution in [2.24, 2.45) is 0 Å². The molecular formula is C11H22N2O. The van der Waals surface area contributed by atoms with Crippen molar-refractivity contribution in [3.8, 4) is 0 Å². The summed E-state index contributed by atoms with van der Waals surface area (Å²) in [4.78, 5) is 13.8. The number of hydrogen-bond acceptors (Lipinski definition) is 1. The maximum Gasteiger partial charge on any atom is 0.317 e. The van der Waals surface area contributed by atoms with E-state index in [4.69, 9.17) is 0 Å². The molecule has 14 heavy (non-hydrogen) atoms. The average molecular weight is 198 g/mol. The first-order valence-corrected chi connectivity index (χ1v) is 5.72. The van der Waals surface area contributed by atoms with Gasteiger partial charge in [-0.1, -0.05) is 6.92 Å². The maximum absolute atomic E-state index is 11.8. The molecule has 1 heterocycles. The Balaban J connectivity index is 2.50. The maximum atomic E-state index is 11.8. The standard InChI is InChI=1S/C11H22N2O/c1-4-10-7-5-6-8-13(10)11(14)12-9(2)3/h9-10H,4-8H2,1-3H3,(H,12,14). The second-order valence-corrected chi connectivity index (χ2v) is 4.36. The van der Waals surface area contributed by atoms with Crippen molar-refractivity contribution in [3.63, 3.8) is 0 Å². The minimum atomic E-state index is 0.117. The van der Waals surface area contributed by atoms with Gasteiger partial charge < -0.3 is 10.2 Å². The first-order chi connectivity index (χ1) is 6.65. The number of piperidine rings is 1. The van der Waals surface area contributed by atoms with Gasteiger partial charge in [0.25, 0.3) is 0 Å². The molecule has 0 aromatic heterocycles. The third-order valence-corrected chi connectivity index (χ3v) is 2.77. The van der Waals surface area contributed by atoms with E-state index >= 15 is 0 Å². The van der Waals surface area contributed by atoms with Crippen molar-refractivity contribution < 1.29 is 4.79 Å². The van der Waals surface area contributed by atoms with Gasteiger partial charge in [-0.2, -0.15) is 0 Å². The SMILES string of the molecule is CCC1CCCCN1C(=O)NC(C)C. The molecule has 0 spiro atoms. The van der Waals surface area contributed by atoms with Gasteiger partial charge in [-0.25, -0.2) is 4.79 Å². The number of urea groups is 1. The quantitative estimate of drug-likeness (QED) is 0.726. The molecule has 2 amide bonds. The van der Waals surface area contributed by atoms with E-state index in [1.54, 1.807) is 0 Å². The number of likely N-dealkylation sites (tertiary alicyclic amines) is 1. The van der Waals surface area contributed by atoms with E-state index in [9.17, 15) is 4.79 Å². The molecule has 1 N–H and O–H groups in total. The zero-order valence-corrected chi connectivity index (χ0v) is 9.55. The van der Waals surface area contributed by atoms with Gasteiger partial charge in [0.1, 0.15) is 0 Å². The minimum absolute atomic E-state index is 0.117. The summed E-state index contributed by atoms with van der Waals surface area (Å²) in [7, 11) is 0. The van der Waals surface area contributed by atoms with Crippen LogP contribution in [-0.4, -0.2) is 29.6 Å². The molecule has 82 valence electrons. The van der Waals surface area contributed by atoms with Crippen molar-refractivity contribution in [2.75, 3.05) is 6.54 Å². The van der Waals surface area contributed by atoms with Crippen LogP contribution in [0.3, 0.4) is 0 Å². The third kappa shape index (κ3) is 2.89. The van der Waals surface area contributed by atoms with Gasteiger partial charge in [-0.15, -0.1) is 0 Å². The van der Waals surface area contributed by atoms with Crippen molar-refractivity contribution >= 4 is 6.03 Å². The van der Waals surface area contributed by atoms with Gasteiger partial charge in [0.2, 0.25) is 0 Å². The van der Waals surface area contributed by atoms with Crippen molar-refractivity contribution in [1.82, 2.24) is 10.2 Å². The summed E-state index contributed by atoms with van der Waals surface area (Å²) < 4.78 is 0. The Hall–Kier alpha value is -0.730. The predicted octanol–water partition coefficient (Wildman–Crippen LogP) is 2.37. The number of nitrogens with zero attached hydrogens (tertiary/aromatic N) is 1. The highest BCUT2D eigenvalue weighted by Gasteiger charge is 2.25. The Kier molecular flexibility index (Phi) is 4.23. The van der Waals surface area contributed by atoms with Crippen LogP contribution in [0.4, 0.5) is 4.79 Å². The van der Waals surface area contributed by atoms with E-state index in [-0.39, 0.29) is 12.1 Å². The molecule has 0 bridgehead atoms. The second-order valence-electron chi connectivity index (χ2n) is 4.36. The Bertz CT molecular complexity index is 192. The molecule has 1 unspecified atom stereocenters. The van der Waals surface area contributed by atoms with Crippen LogP contribution in [0.2, 0.25) is 0 Å². The Morgan fingerprint density at radius 3 is 2.79 bits per heavy atom. The van der Waals surface area contributed by atoms with Gasteiger partial charge in [-0.05, 0) is 39.5 Å². The van der Waals surface area contributed by atoms with Crippen LogP contribution in [0.25, 0.3) is 0 Å². The van der Waals surface area contributed by atoms with Crippen LogP contribution >= 0.6 is 0 Å². The van der Waals surface area contributed by atoms with Crippen molar-refractivity contribution in [2.45, 2.75) is 58.5 Å². The van der Waals surface area contributed by atoms with Crippen LogP contribution in [0, 0.1) is 0 Å². The van der Waals surface area contributed by atoms with Crippen LogP contribution in [0.15, 0.2) is 0 Å². The molecule has 1 rings (SSSR count). The lowest BCUT2D eigenvalue weighted by molar-refractivity contribution is 0.147. The molecule has 3 nitrogen and oxygen atoms in total. The summed E-state index contributed by atoms with van der Waals surface area (Å²) in [6, 6.07) is 0.816. The molecule has 1 aliphatic rings. The lowest BCUT2D eigenvalue weighted by atomic mass is 10.0. The summed E-state index contributed by atoms with van der Waals surface area (Å²) in [5.41, 5.74) is 0. The lowest BCUT2D eigenvalue weighted by Gasteiger charge is -2.35. The summed E-state index contributed by atoms with van der Waals surface area (Å²) >= 11 is 0. The smallest absolute Gasteiger partial charge is 0.317 e. The molecule has 1 aliphatic heterocycles. The number of rotatable bonds is 2. The van der Waals surface area contributed by atoms with Crippen LogP contribution in [-0.2, 0) is 0 Å². The second kappa shape index (κ2) is 5.23. The Labute approximate surface area is 86.9 Å². The predicted molar refractivity (Wildman–Crippen MR) is 58.3 cm³/mol. The van der Waals surface area contributed by atoms with E-state index in [1.165, 1.54) is 12.8 Å². The fourth-order valence-corrected chi connectivity index (χ4v) is 2.02. The molecule has 3 heteroatoms. The van der Waals surface area contributed by atoms with Gasteiger partial charge >= 0.3 is 6.03 Å². The molecule has 0 aromatic carbocycles. The summed E-state index contributed by atoms with van der Waals surface area (Å²) in [6.07, 6.45) is 4.67. The molecule has 0 radical (unpaired) electrons. The average Bonchev–Trinajstić information content (AvgIpc) is 2.16. The first kappa shape index (κ1) is 11.3. The number of hydrogen-bond donors (Lipinski definition) is 1. The fourth-order valence-electron chi connectivity index (χ4n) is 2.02. The number of carbonyl (C=O) groups excluding carboxylic acids is 1. The Morgan fingerprint density at radius 2 is 2.21 bits per heavy atom. The van der Waals surface area contributed by atoms with Gasteiger partial charge in [-0.3, -0.25) is 0 Å². The highest BCUT2D eigenvalue weighted by molar-refractivity contribution is 5.74. The lowest BCUT2D eigenvalue weighted by Crippen LogP contribution is -2.50. The molecule has 1 fully saturated rings. The van der Waals surface area contributed by atoms with Crippen LogP contribution in [0.5, 0.6) is 0 Å². The topological polar surface area (TPSA) is 32.3 Å². The summed E-state index contributed by atoms with van der Waals surface area (Å²) in [5, 5.41) is 2.96. The van der Waals surface area contributed by atoms with Crippen molar-refractivity contribution in [1.29, 1.82) is 0 Å². The van der Waals surface area contributed by atoms with Crippen molar-refractivity contribution in [3.05, 3.63) is 0 Å². The molecule has 0 saturated carbocycles. The van der Waals surface area contributed by atoms with Gasteiger partial charge in [0.15, 0.2) is 0 Å². The van der Waals surface area contributed by atoms with Crippen LogP contribution < -0.4 is 5.32 Å². The van der Waals surface area contributed by atoms with E-state index in [1.807, 2.05) is 18.7 Å². The monoisotopic (exact) mass is 198 g/mol. The zero-order chi connectivity index (χ0) is 10.6. The normalized spacial score (nSPS) is 22.6. The van der Waals surface area contributed by atoms with E-state index in [0.717, 1.165) is 19.4 Å². The minimum Gasteiger partial charge on any atom is -0.336 e. The largest absolute Gasteiger partial charge is 0.336 e. The fraction of sp³-hybridized carbons (Fsp3) is 0.909. The Morgan fingerprint density at radius 1 is 1.50 bits per heavy atom. The van der Waals surface area contributed by atoms with E-state index < -0.39 is 0 Å². The number of amides is 2. The molecule has 1 atom stereocenters. The molecule has 1 saturated heterocycles. The third-order valence-electron chi connectivity index (χ3n) is 2.77. The molecule has 0 aliphatic carbocycles. The van der Waals surface area contributed by atoms with Gasteiger partial charge in [0, 0.05) is 18.6 Å². The van der Waals surface area contributed by atoms with Crippen LogP contribution in [0.1, 0.15) is 46.5 Å². The molecular weight excluding hydrogens is 176 g/mol. The van der Waals surface area contributed by atoms with E-state index in [0.29, 0.717) is 6.04 Å². The highest BCUT2D eigenvalue weighted by atomic mass is 16.2. The highest BCUT2D eigenvalue weighted by Crippen LogP contribution is 2.19.